The van der Waals surface area contributed by atoms with E-state index in [1.165, 1.54) is 13.5 Å². The van der Waals surface area contributed by atoms with Crippen molar-refractivity contribution in [3.63, 3.8) is 0 Å². The standard InChI is InChI=1S/C13H19N3O3/c1-16-12(18)10(11(14)15-13(16)19)9(17)7-8-5-3-2-4-6-8/h8H,2-7,14H2,1H3,(H,15,19). The minimum atomic E-state index is -0.609. The third-order valence-electron chi connectivity index (χ3n) is 3.81. The van der Waals surface area contributed by atoms with Gasteiger partial charge in [-0.05, 0) is 5.92 Å². The lowest BCUT2D eigenvalue weighted by Crippen LogP contribution is -2.37. The van der Waals surface area contributed by atoms with Crippen molar-refractivity contribution in [2.75, 3.05) is 5.73 Å². The molecule has 0 atom stereocenters. The van der Waals surface area contributed by atoms with Crippen LogP contribution < -0.4 is 17.0 Å². The molecule has 1 fully saturated rings. The van der Waals surface area contributed by atoms with Crippen molar-refractivity contribution < 1.29 is 4.79 Å². The zero-order chi connectivity index (χ0) is 14.0. The molecular formula is C13H19N3O3. The molecule has 1 aliphatic rings. The van der Waals surface area contributed by atoms with E-state index in [4.69, 9.17) is 5.73 Å². The van der Waals surface area contributed by atoms with Gasteiger partial charge in [-0.2, -0.15) is 0 Å². The topological polar surface area (TPSA) is 97.9 Å². The van der Waals surface area contributed by atoms with Gasteiger partial charge in [0, 0.05) is 13.5 Å². The molecule has 6 nitrogen and oxygen atoms in total. The fraction of sp³-hybridized carbons (Fsp3) is 0.615. The maximum Gasteiger partial charge on any atom is 0.329 e. The molecule has 1 saturated carbocycles. The molecule has 1 heterocycles. The summed E-state index contributed by atoms with van der Waals surface area (Å²) in [4.78, 5) is 37.8. The number of H-pyrrole nitrogens is 1. The molecule has 0 saturated heterocycles. The second-order valence-corrected chi connectivity index (χ2v) is 5.21. The summed E-state index contributed by atoms with van der Waals surface area (Å²) in [5.74, 6) is -0.0487. The smallest absolute Gasteiger partial charge is 0.329 e. The van der Waals surface area contributed by atoms with Gasteiger partial charge in [-0.15, -0.1) is 0 Å². The molecule has 0 unspecified atom stereocenters. The van der Waals surface area contributed by atoms with Gasteiger partial charge in [0.1, 0.15) is 11.4 Å². The van der Waals surface area contributed by atoms with Crippen molar-refractivity contribution in [2.24, 2.45) is 13.0 Å². The fourth-order valence-corrected chi connectivity index (χ4v) is 2.66. The Kier molecular flexibility index (Phi) is 3.87. The molecule has 2 rings (SSSR count). The van der Waals surface area contributed by atoms with Crippen LogP contribution in [0.15, 0.2) is 9.59 Å². The molecule has 0 aliphatic heterocycles. The van der Waals surface area contributed by atoms with Crippen LogP contribution in [0.4, 0.5) is 5.82 Å². The molecule has 1 aliphatic carbocycles. The van der Waals surface area contributed by atoms with Gasteiger partial charge in [-0.3, -0.25) is 19.1 Å². The predicted molar refractivity (Wildman–Crippen MR) is 72.2 cm³/mol. The molecule has 0 spiro atoms. The molecular weight excluding hydrogens is 246 g/mol. The quantitative estimate of drug-likeness (QED) is 0.790. The maximum atomic E-state index is 12.2. The van der Waals surface area contributed by atoms with Crippen molar-refractivity contribution in [1.29, 1.82) is 0 Å². The van der Waals surface area contributed by atoms with Crippen LogP contribution in [-0.4, -0.2) is 15.3 Å². The number of hydrogen-bond acceptors (Lipinski definition) is 4. The number of hydrogen-bond donors (Lipinski definition) is 2. The van der Waals surface area contributed by atoms with Crippen molar-refractivity contribution in [3.8, 4) is 0 Å². The van der Waals surface area contributed by atoms with Crippen molar-refractivity contribution >= 4 is 11.6 Å². The van der Waals surface area contributed by atoms with Crippen LogP contribution in [0.5, 0.6) is 0 Å². The van der Waals surface area contributed by atoms with E-state index in [1.807, 2.05) is 0 Å². The van der Waals surface area contributed by atoms with Crippen LogP contribution in [0, 0.1) is 5.92 Å². The second kappa shape index (κ2) is 5.42. The Morgan fingerprint density at radius 2 is 1.95 bits per heavy atom. The lowest BCUT2D eigenvalue weighted by molar-refractivity contribution is 0.0948. The monoisotopic (exact) mass is 265 g/mol. The Morgan fingerprint density at radius 1 is 1.32 bits per heavy atom. The number of rotatable bonds is 3. The van der Waals surface area contributed by atoms with Gasteiger partial charge in [-0.25, -0.2) is 4.79 Å². The maximum absolute atomic E-state index is 12.2. The highest BCUT2D eigenvalue weighted by molar-refractivity contribution is 5.99. The van der Waals surface area contributed by atoms with E-state index in [0.717, 1.165) is 30.3 Å². The van der Waals surface area contributed by atoms with Gasteiger partial charge in [0.05, 0.1) is 0 Å². The molecule has 1 aromatic heterocycles. The van der Waals surface area contributed by atoms with Crippen LogP contribution in [0.3, 0.4) is 0 Å². The van der Waals surface area contributed by atoms with E-state index in [9.17, 15) is 14.4 Å². The van der Waals surface area contributed by atoms with Crippen molar-refractivity contribution in [3.05, 3.63) is 26.4 Å². The van der Waals surface area contributed by atoms with Crippen LogP contribution in [0.1, 0.15) is 48.9 Å². The lowest BCUT2D eigenvalue weighted by atomic mass is 9.85. The Bertz CT molecular complexity index is 594. The average Bonchev–Trinajstić information content (AvgIpc) is 2.37. The number of anilines is 1. The number of nitrogen functional groups attached to an aromatic ring is 1. The molecule has 6 heteroatoms. The highest BCUT2D eigenvalue weighted by Gasteiger charge is 2.22. The summed E-state index contributed by atoms with van der Waals surface area (Å²) >= 11 is 0. The van der Waals surface area contributed by atoms with E-state index in [0.29, 0.717) is 12.3 Å². The number of aromatic amines is 1. The molecule has 1 aromatic rings. The van der Waals surface area contributed by atoms with Crippen LogP contribution in [0.25, 0.3) is 0 Å². The molecule has 0 radical (unpaired) electrons. The lowest BCUT2D eigenvalue weighted by Gasteiger charge is -2.20. The number of nitrogens with two attached hydrogens (primary N) is 1. The van der Waals surface area contributed by atoms with Gasteiger partial charge >= 0.3 is 5.69 Å². The van der Waals surface area contributed by atoms with Crippen LogP contribution in [0.2, 0.25) is 0 Å². The summed E-state index contributed by atoms with van der Waals surface area (Å²) in [5, 5.41) is 0. The molecule has 0 aromatic carbocycles. The summed E-state index contributed by atoms with van der Waals surface area (Å²) in [5.41, 5.74) is 4.32. The van der Waals surface area contributed by atoms with Crippen LogP contribution in [-0.2, 0) is 7.05 Å². The van der Waals surface area contributed by atoms with E-state index in [-0.39, 0.29) is 17.2 Å². The summed E-state index contributed by atoms with van der Waals surface area (Å²) < 4.78 is 0.879. The summed E-state index contributed by atoms with van der Waals surface area (Å²) in [6, 6.07) is 0. The van der Waals surface area contributed by atoms with Crippen LogP contribution >= 0.6 is 0 Å². The largest absolute Gasteiger partial charge is 0.384 e. The Hall–Kier alpha value is -1.85. The van der Waals surface area contributed by atoms with Gasteiger partial charge in [0.2, 0.25) is 0 Å². The molecule has 19 heavy (non-hydrogen) atoms. The summed E-state index contributed by atoms with van der Waals surface area (Å²) in [6.45, 7) is 0. The number of nitrogens with zero attached hydrogens (tertiary/aromatic N) is 1. The average molecular weight is 265 g/mol. The number of Topliss-reactive ketones (excluding diaryl/α,β-unsaturated/α-hetero) is 1. The Balaban J connectivity index is 2.26. The number of nitrogens with one attached hydrogen (secondary N) is 1. The second-order valence-electron chi connectivity index (χ2n) is 5.21. The molecule has 3 N–H and O–H groups in total. The first-order chi connectivity index (χ1) is 9.00. The first kappa shape index (κ1) is 13.6. The fourth-order valence-electron chi connectivity index (χ4n) is 2.66. The number of ketones is 1. The van der Waals surface area contributed by atoms with E-state index >= 15 is 0 Å². The third-order valence-corrected chi connectivity index (χ3v) is 3.81. The third kappa shape index (κ3) is 2.77. The predicted octanol–water partition coefficient (Wildman–Crippen LogP) is 0.809. The summed E-state index contributed by atoms with van der Waals surface area (Å²) in [7, 11) is 1.33. The highest BCUT2D eigenvalue weighted by atomic mass is 16.2. The Morgan fingerprint density at radius 3 is 2.58 bits per heavy atom. The van der Waals surface area contributed by atoms with E-state index in [1.54, 1.807) is 0 Å². The van der Waals surface area contributed by atoms with E-state index in [2.05, 4.69) is 4.98 Å². The van der Waals surface area contributed by atoms with Gasteiger partial charge < -0.3 is 5.73 Å². The summed E-state index contributed by atoms with van der Waals surface area (Å²) in [6.07, 6.45) is 5.87. The molecule has 0 bridgehead atoms. The normalized spacial score (nSPS) is 16.5. The SMILES string of the molecule is Cn1c(=O)[nH]c(N)c(C(=O)CC2CCCCC2)c1=O. The van der Waals surface area contributed by atoms with E-state index < -0.39 is 11.2 Å². The van der Waals surface area contributed by atoms with Gasteiger partial charge in [0.25, 0.3) is 5.56 Å². The van der Waals surface area contributed by atoms with Crippen molar-refractivity contribution in [1.82, 2.24) is 9.55 Å². The Labute approximate surface area is 110 Å². The first-order valence-electron chi connectivity index (χ1n) is 6.62. The zero-order valence-electron chi connectivity index (χ0n) is 11.1. The number of carbonyl (C=O) groups is 1. The van der Waals surface area contributed by atoms with Gasteiger partial charge in [-0.1, -0.05) is 32.1 Å². The minimum absolute atomic E-state index is 0.0762. The molecule has 0 amide bonds. The number of aromatic nitrogens is 2. The first-order valence-corrected chi connectivity index (χ1v) is 6.62. The zero-order valence-corrected chi connectivity index (χ0v) is 11.1. The van der Waals surface area contributed by atoms with Crippen molar-refractivity contribution in [2.45, 2.75) is 38.5 Å². The van der Waals surface area contributed by atoms with Gasteiger partial charge in [0.15, 0.2) is 5.78 Å². The molecule has 104 valence electrons. The minimum Gasteiger partial charge on any atom is -0.384 e. The highest BCUT2D eigenvalue weighted by Crippen LogP contribution is 2.27. The number of carbonyl (C=O) groups excluding carboxylic acids is 1.